The molecule has 2 aromatic rings. The second-order valence-electron chi connectivity index (χ2n) is 4.82. The van der Waals surface area contributed by atoms with E-state index in [0.29, 0.717) is 23.3 Å². The molecule has 0 aliphatic rings. The number of fused-ring (bicyclic) bond motifs is 1. The van der Waals surface area contributed by atoms with Crippen molar-refractivity contribution in [1.82, 2.24) is 10.3 Å². The number of aromatic hydroxyl groups is 1. The average molecular weight is 290 g/mol. The number of thiocarbonyl (C=S) groups is 1. The molecule has 0 spiro atoms. The van der Waals surface area contributed by atoms with E-state index in [2.05, 4.69) is 34.4 Å². The molecule has 5 nitrogen and oxygen atoms in total. The van der Waals surface area contributed by atoms with Crippen LogP contribution in [0.15, 0.2) is 28.4 Å². The molecule has 0 fully saturated rings. The number of rotatable bonds is 3. The minimum Gasteiger partial charge on any atom is -0.493 e. The molecule has 0 radical (unpaired) electrons. The van der Waals surface area contributed by atoms with Crippen molar-refractivity contribution in [1.29, 1.82) is 0 Å². The van der Waals surface area contributed by atoms with Crippen LogP contribution in [0.25, 0.3) is 10.9 Å². The molecule has 1 aromatic carbocycles. The van der Waals surface area contributed by atoms with Gasteiger partial charge in [0.05, 0.1) is 5.52 Å². The van der Waals surface area contributed by atoms with Crippen molar-refractivity contribution in [3.05, 3.63) is 23.8 Å². The van der Waals surface area contributed by atoms with E-state index >= 15 is 0 Å². The van der Waals surface area contributed by atoms with E-state index in [4.69, 9.17) is 12.2 Å². The second kappa shape index (κ2) is 6.00. The van der Waals surface area contributed by atoms with Gasteiger partial charge in [-0.1, -0.05) is 19.9 Å². The monoisotopic (exact) mass is 290 g/mol. The maximum absolute atomic E-state index is 9.93. The van der Waals surface area contributed by atoms with Gasteiger partial charge in [-0.15, -0.1) is 10.2 Å². The van der Waals surface area contributed by atoms with Crippen LogP contribution in [0.3, 0.4) is 0 Å². The summed E-state index contributed by atoms with van der Waals surface area (Å²) in [6.45, 7) is 6.86. The molecule has 1 heterocycles. The number of nitrogens with zero attached hydrogens (tertiary/aromatic N) is 2. The van der Waals surface area contributed by atoms with Gasteiger partial charge in [0, 0.05) is 11.9 Å². The number of nitrogens with one attached hydrogen (secondary N) is 2. The lowest BCUT2D eigenvalue weighted by atomic mass is 10.0. The molecule has 0 aliphatic carbocycles. The lowest BCUT2D eigenvalue weighted by Crippen LogP contribution is -2.17. The molecule has 0 saturated carbocycles. The SMILES string of the molecule is CCNC(=S)N=Nc1c(O)[nH]c2ccc(C(C)C)cc12. The fourth-order valence-electron chi connectivity index (χ4n) is 1.92. The van der Waals surface area contributed by atoms with Crippen LogP contribution >= 0.6 is 12.2 Å². The van der Waals surface area contributed by atoms with Crippen molar-refractivity contribution in [2.45, 2.75) is 26.7 Å². The largest absolute Gasteiger partial charge is 0.493 e. The number of hydrogen-bond acceptors (Lipinski definition) is 3. The van der Waals surface area contributed by atoms with E-state index < -0.39 is 0 Å². The summed E-state index contributed by atoms with van der Waals surface area (Å²) in [5.41, 5.74) is 2.43. The van der Waals surface area contributed by atoms with Crippen molar-refractivity contribution in [3.8, 4) is 5.88 Å². The fraction of sp³-hybridized carbons (Fsp3) is 0.357. The minimum absolute atomic E-state index is 0.00366. The molecule has 2 rings (SSSR count). The van der Waals surface area contributed by atoms with Gasteiger partial charge in [-0.2, -0.15) is 0 Å². The first-order valence-electron chi connectivity index (χ1n) is 6.57. The van der Waals surface area contributed by atoms with Crippen LogP contribution in [0.4, 0.5) is 5.69 Å². The van der Waals surface area contributed by atoms with Gasteiger partial charge in [-0.25, -0.2) is 0 Å². The summed E-state index contributed by atoms with van der Waals surface area (Å²) in [4.78, 5) is 2.89. The minimum atomic E-state index is 0.00366. The molecule has 6 heteroatoms. The summed E-state index contributed by atoms with van der Waals surface area (Å²) in [6.07, 6.45) is 0. The molecular formula is C14H18N4OS. The van der Waals surface area contributed by atoms with Gasteiger partial charge in [0.15, 0.2) is 5.69 Å². The van der Waals surface area contributed by atoms with Crippen LogP contribution in [0.2, 0.25) is 0 Å². The van der Waals surface area contributed by atoms with Crippen LogP contribution in [0, 0.1) is 0 Å². The Morgan fingerprint density at radius 3 is 2.85 bits per heavy atom. The smallest absolute Gasteiger partial charge is 0.218 e. The first-order valence-corrected chi connectivity index (χ1v) is 6.98. The van der Waals surface area contributed by atoms with Gasteiger partial charge in [0.25, 0.3) is 0 Å². The predicted molar refractivity (Wildman–Crippen MR) is 84.8 cm³/mol. The normalized spacial score (nSPS) is 11.6. The fourth-order valence-corrected chi connectivity index (χ4v) is 2.11. The first-order chi connectivity index (χ1) is 9.52. The highest BCUT2D eigenvalue weighted by Gasteiger charge is 2.12. The Kier molecular flexibility index (Phi) is 4.34. The average Bonchev–Trinajstić information content (AvgIpc) is 2.71. The van der Waals surface area contributed by atoms with Crippen LogP contribution in [0.1, 0.15) is 32.3 Å². The predicted octanol–water partition coefficient (Wildman–Crippen LogP) is 3.98. The van der Waals surface area contributed by atoms with Crippen molar-refractivity contribution in [3.63, 3.8) is 0 Å². The molecule has 3 N–H and O–H groups in total. The standard InChI is InChI=1S/C14H18N4OS/c1-4-15-14(20)18-17-12-10-7-9(8(2)3)5-6-11(10)16-13(12)19/h5-8,16,19H,4H2,1-3H3,(H,15,20). The van der Waals surface area contributed by atoms with Crippen LogP contribution in [-0.2, 0) is 0 Å². The van der Waals surface area contributed by atoms with E-state index in [1.165, 1.54) is 5.56 Å². The summed E-state index contributed by atoms with van der Waals surface area (Å²) in [6, 6.07) is 5.99. The molecular weight excluding hydrogens is 272 g/mol. The summed E-state index contributed by atoms with van der Waals surface area (Å²) in [7, 11) is 0. The molecule has 0 saturated heterocycles. The lowest BCUT2D eigenvalue weighted by Gasteiger charge is -2.04. The summed E-state index contributed by atoms with van der Waals surface area (Å²) in [5, 5.41) is 21.9. The Bertz CT molecular complexity index is 660. The third-order valence-corrected chi connectivity index (χ3v) is 3.24. The van der Waals surface area contributed by atoms with Gasteiger partial charge >= 0.3 is 0 Å². The molecule has 0 aliphatic heterocycles. The Hall–Kier alpha value is -1.95. The highest BCUT2D eigenvalue weighted by Crippen LogP contribution is 2.36. The van der Waals surface area contributed by atoms with Gasteiger partial charge in [0.2, 0.25) is 11.0 Å². The number of azo groups is 1. The zero-order chi connectivity index (χ0) is 14.7. The molecule has 0 unspecified atom stereocenters. The number of aromatic amines is 1. The number of benzene rings is 1. The summed E-state index contributed by atoms with van der Waals surface area (Å²) in [5.74, 6) is 0.410. The Labute approximate surface area is 123 Å². The third-order valence-electron chi connectivity index (χ3n) is 3.01. The topological polar surface area (TPSA) is 72.8 Å². The van der Waals surface area contributed by atoms with E-state index in [9.17, 15) is 5.11 Å². The third kappa shape index (κ3) is 2.96. The van der Waals surface area contributed by atoms with E-state index in [0.717, 1.165) is 10.9 Å². The van der Waals surface area contributed by atoms with Crippen molar-refractivity contribution in [2.75, 3.05) is 6.54 Å². The highest BCUT2D eigenvalue weighted by molar-refractivity contribution is 7.80. The highest BCUT2D eigenvalue weighted by atomic mass is 32.1. The second-order valence-corrected chi connectivity index (χ2v) is 5.20. The molecule has 0 amide bonds. The number of aromatic nitrogens is 1. The Morgan fingerprint density at radius 1 is 1.45 bits per heavy atom. The molecule has 20 heavy (non-hydrogen) atoms. The van der Waals surface area contributed by atoms with Crippen LogP contribution in [-0.4, -0.2) is 21.7 Å². The molecule has 1 aromatic heterocycles. The quantitative estimate of drug-likeness (QED) is 0.591. The lowest BCUT2D eigenvalue weighted by molar-refractivity contribution is 0.459. The van der Waals surface area contributed by atoms with Crippen molar-refractivity contribution < 1.29 is 5.11 Å². The maximum atomic E-state index is 9.93. The van der Waals surface area contributed by atoms with E-state index in [1.54, 1.807) is 0 Å². The Balaban J connectivity index is 2.43. The maximum Gasteiger partial charge on any atom is 0.218 e. The van der Waals surface area contributed by atoms with E-state index in [-0.39, 0.29) is 5.88 Å². The van der Waals surface area contributed by atoms with Gasteiger partial charge < -0.3 is 15.4 Å². The Morgan fingerprint density at radius 2 is 2.20 bits per heavy atom. The van der Waals surface area contributed by atoms with Gasteiger partial charge in [0.1, 0.15) is 0 Å². The molecule has 0 atom stereocenters. The number of hydrogen-bond donors (Lipinski definition) is 3. The first kappa shape index (κ1) is 14.5. The number of H-pyrrole nitrogens is 1. The summed E-state index contributed by atoms with van der Waals surface area (Å²) >= 11 is 5.00. The van der Waals surface area contributed by atoms with Crippen LogP contribution in [0.5, 0.6) is 5.88 Å². The van der Waals surface area contributed by atoms with Crippen molar-refractivity contribution in [2.24, 2.45) is 10.2 Å². The van der Waals surface area contributed by atoms with Crippen LogP contribution < -0.4 is 5.32 Å². The van der Waals surface area contributed by atoms with Gasteiger partial charge in [-0.3, -0.25) is 0 Å². The zero-order valence-electron chi connectivity index (χ0n) is 11.8. The zero-order valence-corrected chi connectivity index (χ0v) is 12.6. The van der Waals surface area contributed by atoms with E-state index in [1.807, 2.05) is 25.1 Å². The molecule has 0 bridgehead atoms. The summed E-state index contributed by atoms with van der Waals surface area (Å²) < 4.78 is 0. The molecule has 106 valence electrons. The van der Waals surface area contributed by atoms with Crippen molar-refractivity contribution >= 4 is 33.9 Å². The van der Waals surface area contributed by atoms with Gasteiger partial charge in [-0.05, 0) is 42.8 Å².